The number of hydrogen-bond donors (Lipinski definition) is 1. The molecule has 0 radical (unpaired) electrons. The summed E-state index contributed by atoms with van der Waals surface area (Å²) in [5.74, 6) is 1.03. The van der Waals surface area contributed by atoms with Gasteiger partial charge in [-0.2, -0.15) is 0 Å². The molecule has 0 saturated heterocycles. The molecule has 0 amide bonds. The van der Waals surface area contributed by atoms with Crippen LogP contribution in [0.3, 0.4) is 0 Å². The van der Waals surface area contributed by atoms with E-state index in [9.17, 15) is 4.79 Å². The third kappa shape index (κ3) is 1.92. The maximum atomic E-state index is 12.0. The van der Waals surface area contributed by atoms with Crippen LogP contribution in [0, 0.1) is 0 Å². The van der Waals surface area contributed by atoms with Crippen LogP contribution in [0.15, 0.2) is 12.1 Å². The average Bonchev–Trinajstić information content (AvgIpc) is 2.39. The average molecular weight is 249 g/mol. The molecular weight excluding hydrogens is 230 g/mol. The van der Waals surface area contributed by atoms with Crippen LogP contribution in [-0.4, -0.2) is 18.6 Å². The maximum Gasteiger partial charge on any atom is 0.336 e. The number of esters is 1. The van der Waals surface area contributed by atoms with Gasteiger partial charge in [0.2, 0.25) is 0 Å². The number of methoxy groups -OCH3 is 1. The van der Waals surface area contributed by atoms with Crippen LogP contribution in [0.4, 0.5) is 5.69 Å². The molecule has 0 saturated carbocycles. The second-order valence-electron chi connectivity index (χ2n) is 4.72. The minimum atomic E-state index is -0.686. The fourth-order valence-electron chi connectivity index (χ4n) is 1.99. The molecule has 0 aliphatic carbocycles. The summed E-state index contributed by atoms with van der Waals surface area (Å²) in [6.45, 7) is 5.84. The number of nitrogens with one attached hydrogen (secondary N) is 1. The van der Waals surface area contributed by atoms with Crippen LogP contribution >= 0.6 is 0 Å². The van der Waals surface area contributed by atoms with Crippen molar-refractivity contribution in [3.05, 3.63) is 17.7 Å². The molecule has 0 spiro atoms. The number of carbonyl (C=O) groups excluding carboxylic acids is 1. The van der Waals surface area contributed by atoms with E-state index < -0.39 is 5.54 Å². The standard InChI is InChI=1S/C14H19NO3/c1-5-9-7-10(17-4)12-11(8-9)18-13(16)14(3,6-2)15-12/h7-8,15H,5-6H2,1-4H3/t14-/m1/s1. The molecule has 4 nitrogen and oxygen atoms in total. The molecule has 1 N–H and O–H groups in total. The second-order valence-corrected chi connectivity index (χ2v) is 4.72. The number of hydrogen-bond acceptors (Lipinski definition) is 4. The van der Waals surface area contributed by atoms with E-state index in [0.717, 1.165) is 23.4 Å². The third-order valence-corrected chi connectivity index (χ3v) is 3.52. The van der Waals surface area contributed by atoms with Crippen molar-refractivity contribution in [3.63, 3.8) is 0 Å². The maximum absolute atomic E-state index is 12.0. The summed E-state index contributed by atoms with van der Waals surface area (Å²) in [7, 11) is 1.62. The summed E-state index contributed by atoms with van der Waals surface area (Å²) < 4.78 is 10.8. The number of benzene rings is 1. The zero-order valence-corrected chi connectivity index (χ0v) is 11.3. The Morgan fingerprint density at radius 1 is 1.39 bits per heavy atom. The van der Waals surface area contributed by atoms with Gasteiger partial charge in [-0.25, -0.2) is 4.79 Å². The van der Waals surface area contributed by atoms with Gasteiger partial charge in [-0.15, -0.1) is 0 Å². The first-order valence-corrected chi connectivity index (χ1v) is 6.25. The minimum absolute atomic E-state index is 0.243. The van der Waals surface area contributed by atoms with Crippen LogP contribution in [0.1, 0.15) is 32.8 Å². The van der Waals surface area contributed by atoms with E-state index in [2.05, 4.69) is 12.2 Å². The van der Waals surface area contributed by atoms with Gasteiger partial charge in [0.1, 0.15) is 17.0 Å². The fraction of sp³-hybridized carbons (Fsp3) is 0.500. The Morgan fingerprint density at radius 3 is 2.67 bits per heavy atom. The molecule has 0 fully saturated rings. The van der Waals surface area contributed by atoms with Gasteiger partial charge < -0.3 is 14.8 Å². The smallest absolute Gasteiger partial charge is 0.336 e. The molecule has 2 rings (SSSR count). The predicted octanol–water partition coefficient (Wildman–Crippen LogP) is 2.76. The molecular formula is C14H19NO3. The number of ether oxygens (including phenoxy) is 2. The molecule has 4 heteroatoms. The van der Waals surface area contributed by atoms with Crippen LogP contribution in [0.5, 0.6) is 11.5 Å². The normalized spacial score (nSPS) is 21.9. The van der Waals surface area contributed by atoms with E-state index >= 15 is 0 Å². The summed E-state index contributed by atoms with van der Waals surface area (Å²) in [6.07, 6.45) is 1.52. The Labute approximate surface area is 107 Å². The van der Waals surface area contributed by atoms with Crippen LogP contribution in [0.25, 0.3) is 0 Å². The number of fused-ring (bicyclic) bond motifs is 1. The Kier molecular flexibility index (Phi) is 3.20. The van der Waals surface area contributed by atoms with Gasteiger partial charge in [0.25, 0.3) is 0 Å². The van der Waals surface area contributed by atoms with E-state index in [0.29, 0.717) is 12.2 Å². The molecule has 0 unspecified atom stereocenters. The largest absolute Gasteiger partial charge is 0.494 e. The number of anilines is 1. The lowest BCUT2D eigenvalue weighted by Crippen LogP contribution is -2.48. The molecule has 98 valence electrons. The van der Waals surface area contributed by atoms with Crippen molar-refractivity contribution in [2.75, 3.05) is 12.4 Å². The minimum Gasteiger partial charge on any atom is -0.494 e. The Balaban J connectivity index is 2.51. The van der Waals surface area contributed by atoms with Crippen molar-refractivity contribution in [1.29, 1.82) is 0 Å². The van der Waals surface area contributed by atoms with Gasteiger partial charge in [-0.1, -0.05) is 13.8 Å². The van der Waals surface area contributed by atoms with Crippen LogP contribution < -0.4 is 14.8 Å². The first-order chi connectivity index (χ1) is 8.54. The van der Waals surface area contributed by atoms with Crippen molar-refractivity contribution in [1.82, 2.24) is 0 Å². The van der Waals surface area contributed by atoms with E-state index in [-0.39, 0.29) is 5.97 Å². The van der Waals surface area contributed by atoms with Crippen molar-refractivity contribution < 1.29 is 14.3 Å². The van der Waals surface area contributed by atoms with Crippen LogP contribution in [0.2, 0.25) is 0 Å². The zero-order valence-electron chi connectivity index (χ0n) is 11.3. The predicted molar refractivity (Wildman–Crippen MR) is 70.3 cm³/mol. The molecule has 1 aliphatic rings. The number of aryl methyl sites for hydroxylation is 1. The van der Waals surface area contributed by atoms with Crippen molar-refractivity contribution in [3.8, 4) is 11.5 Å². The lowest BCUT2D eigenvalue weighted by atomic mass is 9.96. The number of rotatable bonds is 3. The molecule has 1 heterocycles. The Bertz CT molecular complexity index is 484. The highest BCUT2D eigenvalue weighted by Gasteiger charge is 2.39. The highest BCUT2D eigenvalue weighted by molar-refractivity contribution is 5.92. The fourth-order valence-corrected chi connectivity index (χ4v) is 1.99. The zero-order chi connectivity index (χ0) is 13.3. The highest BCUT2D eigenvalue weighted by Crippen LogP contribution is 2.42. The molecule has 0 aromatic heterocycles. The second kappa shape index (κ2) is 4.52. The quantitative estimate of drug-likeness (QED) is 0.661. The van der Waals surface area contributed by atoms with Crippen molar-refractivity contribution in [2.24, 2.45) is 0 Å². The van der Waals surface area contributed by atoms with Gasteiger partial charge >= 0.3 is 5.97 Å². The lowest BCUT2D eigenvalue weighted by molar-refractivity contribution is -0.139. The molecule has 1 aromatic carbocycles. The van der Waals surface area contributed by atoms with E-state index in [1.165, 1.54) is 0 Å². The first-order valence-electron chi connectivity index (χ1n) is 6.25. The summed E-state index contributed by atoms with van der Waals surface area (Å²) in [4.78, 5) is 12.0. The Morgan fingerprint density at radius 2 is 2.11 bits per heavy atom. The third-order valence-electron chi connectivity index (χ3n) is 3.52. The molecule has 1 aliphatic heterocycles. The lowest BCUT2D eigenvalue weighted by Gasteiger charge is -2.34. The van der Waals surface area contributed by atoms with Gasteiger partial charge in [0, 0.05) is 0 Å². The SMILES string of the molecule is CCc1cc(OC)c2c(c1)OC(=O)[C@@](C)(CC)N2. The van der Waals surface area contributed by atoms with Gasteiger partial charge in [-0.3, -0.25) is 0 Å². The van der Waals surface area contributed by atoms with Gasteiger partial charge in [-0.05, 0) is 37.5 Å². The first kappa shape index (κ1) is 12.7. The summed E-state index contributed by atoms with van der Waals surface area (Å²) in [5, 5.41) is 3.24. The molecule has 0 bridgehead atoms. The monoisotopic (exact) mass is 249 g/mol. The van der Waals surface area contributed by atoms with E-state index in [4.69, 9.17) is 9.47 Å². The van der Waals surface area contributed by atoms with E-state index in [1.54, 1.807) is 7.11 Å². The summed E-state index contributed by atoms with van der Waals surface area (Å²) >= 11 is 0. The Hall–Kier alpha value is -1.71. The van der Waals surface area contributed by atoms with Crippen LogP contribution in [-0.2, 0) is 11.2 Å². The highest BCUT2D eigenvalue weighted by atomic mass is 16.5. The number of carbonyl (C=O) groups is 1. The van der Waals surface area contributed by atoms with Gasteiger partial charge in [0.15, 0.2) is 5.75 Å². The summed E-state index contributed by atoms with van der Waals surface area (Å²) in [6, 6.07) is 3.86. The van der Waals surface area contributed by atoms with Gasteiger partial charge in [0.05, 0.1) is 7.11 Å². The topological polar surface area (TPSA) is 47.6 Å². The van der Waals surface area contributed by atoms with E-state index in [1.807, 2.05) is 26.0 Å². The van der Waals surface area contributed by atoms with Crippen molar-refractivity contribution >= 4 is 11.7 Å². The summed E-state index contributed by atoms with van der Waals surface area (Å²) in [5.41, 5.74) is 1.16. The molecule has 18 heavy (non-hydrogen) atoms. The molecule has 1 aromatic rings. The van der Waals surface area contributed by atoms with Crippen molar-refractivity contribution in [2.45, 2.75) is 39.2 Å². The molecule has 1 atom stereocenters.